The maximum atomic E-state index is 14.1. The molecule has 21 nitrogen and oxygen atoms in total. The Morgan fingerprint density at radius 2 is 1.64 bits per heavy atom. The van der Waals surface area contributed by atoms with Gasteiger partial charge in [0.05, 0.1) is 36.2 Å². The predicted molar refractivity (Wildman–Crippen MR) is 261 cm³/mol. The standard InChI is InChI=1S/C52H72N6O15/c1-29-23-34(48(64)54-19-9-15-36-27-58(56-55-36)21-10-20-57-22-18-33-25-35(53)16-17-37(33)57)26-38(45(29)73-51-44(63)43(62)41(60)30(2)68-51)70-52-47(72-50(67)32-13-7-4-8-14-32)46(42(61)40(28-59)71-52)69-39(49(65)66)24-31-11-5-3-6-12-31/h4,7-8,13-14,16-18,22,25,27,29-31,34,38-47,51-52,59-63H,3,5-6,9-12,15,19-21,23-24,26,28,53H2,1-2H3,(H,54,64)(H,65,66)/t29?,30?,34?,38-,39+,40?,41-,42+,43?,44?,45?,46?,47?,51+,52-/m1/s1. The summed E-state index contributed by atoms with van der Waals surface area (Å²) < 4.78 is 41.5. The second kappa shape index (κ2) is 25.0. The van der Waals surface area contributed by atoms with Gasteiger partial charge in [0.25, 0.3) is 0 Å². The smallest absolute Gasteiger partial charge is 0.338 e. The number of nitrogens with one attached hydrogen (secondary N) is 1. The zero-order valence-electron chi connectivity index (χ0n) is 41.4. The van der Waals surface area contributed by atoms with Gasteiger partial charge in [-0.15, -0.1) is 5.10 Å². The van der Waals surface area contributed by atoms with Crippen molar-refractivity contribution in [2.24, 2.45) is 17.8 Å². The minimum Gasteiger partial charge on any atom is -0.479 e. The molecule has 8 rings (SSSR count). The summed E-state index contributed by atoms with van der Waals surface area (Å²) in [5.41, 5.74) is 8.69. The molecule has 2 aromatic carbocycles. The van der Waals surface area contributed by atoms with Crippen molar-refractivity contribution in [3.63, 3.8) is 0 Å². The number of anilines is 1. The minimum atomic E-state index is -1.69. The Hall–Kier alpha value is -5.07. The van der Waals surface area contributed by atoms with Crippen LogP contribution in [0.1, 0.15) is 94.1 Å². The normalized spacial score (nSPS) is 31.5. The molecule has 400 valence electrons. The third-order valence-corrected chi connectivity index (χ3v) is 14.9. The highest BCUT2D eigenvalue weighted by molar-refractivity contribution is 5.89. The van der Waals surface area contributed by atoms with Crippen LogP contribution in [0.25, 0.3) is 10.9 Å². The fourth-order valence-electron chi connectivity index (χ4n) is 10.8. The van der Waals surface area contributed by atoms with Crippen LogP contribution in [0, 0.1) is 17.8 Å². The van der Waals surface area contributed by atoms with Crippen LogP contribution in [-0.2, 0) is 57.5 Å². The van der Waals surface area contributed by atoms with Crippen molar-refractivity contribution in [2.45, 2.75) is 177 Å². The van der Waals surface area contributed by atoms with Crippen LogP contribution in [-0.4, -0.2) is 161 Å². The molecule has 0 spiro atoms. The van der Waals surface area contributed by atoms with E-state index in [0.717, 1.165) is 67.4 Å². The summed E-state index contributed by atoms with van der Waals surface area (Å²) in [6, 6.07) is 15.9. The van der Waals surface area contributed by atoms with Gasteiger partial charge in [-0.05, 0) is 93.7 Å². The summed E-state index contributed by atoms with van der Waals surface area (Å²) in [5.74, 6) is -3.55. The first kappa shape index (κ1) is 54.2. The molecule has 2 aliphatic heterocycles. The summed E-state index contributed by atoms with van der Waals surface area (Å²) in [7, 11) is 0. The summed E-state index contributed by atoms with van der Waals surface area (Å²) >= 11 is 0. The first-order valence-corrected chi connectivity index (χ1v) is 25.8. The fraction of sp³-hybridized carbons (Fsp3) is 0.635. The lowest BCUT2D eigenvalue weighted by Gasteiger charge is -2.48. The number of carbonyl (C=O) groups is 3. The summed E-state index contributed by atoms with van der Waals surface area (Å²) in [6.45, 7) is 4.35. The number of fused-ring (bicyclic) bond motifs is 1. The van der Waals surface area contributed by atoms with Crippen molar-refractivity contribution < 1.29 is 73.4 Å². The number of nitrogen functional groups attached to an aromatic ring is 1. The monoisotopic (exact) mass is 1020 g/mol. The third-order valence-electron chi connectivity index (χ3n) is 14.9. The van der Waals surface area contributed by atoms with Gasteiger partial charge < -0.3 is 74.7 Å². The van der Waals surface area contributed by atoms with E-state index < -0.39 is 110 Å². The Labute approximate surface area is 423 Å². The molecule has 2 aliphatic carbocycles. The fourth-order valence-corrected chi connectivity index (χ4v) is 10.8. The van der Waals surface area contributed by atoms with E-state index in [1.807, 2.05) is 48.3 Å². The van der Waals surface area contributed by atoms with Gasteiger partial charge in [-0.2, -0.15) is 0 Å². The molecule has 0 bridgehead atoms. The number of aliphatic hydroxyl groups excluding tert-OH is 5. The van der Waals surface area contributed by atoms with E-state index in [0.29, 0.717) is 25.9 Å². The lowest BCUT2D eigenvalue weighted by molar-refractivity contribution is -0.349. The van der Waals surface area contributed by atoms with Crippen molar-refractivity contribution in [3.8, 4) is 0 Å². The van der Waals surface area contributed by atoms with Crippen molar-refractivity contribution in [1.82, 2.24) is 24.9 Å². The van der Waals surface area contributed by atoms with Crippen LogP contribution in [0.15, 0.2) is 67.0 Å². The number of ether oxygens (including phenoxy) is 6. The first-order valence-electron chi connectivity index (χ1n) is 25.8. The second-order valence-electron chi connectivity index (χ2n) is 20.3. The number of hydrogen-bond donors (Lipinski definition) is 8. The van der Waals surface area contributed by atoms with Gasteiger partial charge in [0.15, 0.2) is 24.8 Å². The van der Waals surface area contributed by atoms with Crippen LogP contribution in [0.5, 0.6) is 0 Å². The van der Waals surface area contributed by atoms with Crippen LogP contribution in [0.3, 0.4) is 0 Å². The summed E-state index contributed by atoms with van der Waals surface area (Å²) in [4.78, 5) is 40.8. The Bertz CT molecular complexity index is 2420. The lowest BCUT2D eigenvalue weighted by Crippen LogP contribution is -2.64. The molecular formula is C52H72N6O15. The van der Waals surface area contributed by atoms with Gasteiger partial charge in [0, 0.05) is 54.5 Å². The second-order valence-corrected chi connectivity index (χ2v) is 20.3. The number of hydrogen-bond acceptors (Lipinski definition) is 17. The molecule has 4 aliphatic rings. The Balaban J connectivity index is 0.969. The minimum absolute atomic E-state index is 0.0118. The van der Waals surface area contributed by atoms with Gasteiger partial charge in [-0.25, -0.2) is 9.59 Å². The molecule has 0 radical (unpaired) electrons. The average molecular weight is 1020 g/mol. The van der Waals surface area contributed by atoms with Crippen molar-refractivity contribution >= 4 is 34.4 Å². The Morgan fingerprint density at radius 1 is 0.863 bits per heavy atom. The molecule has 2 aromatic heterocycles. The van der Waals surface area contributed by atoms with Crippen molar-refractivity contribution in [3.05, 3.63) is 78.2 Å². The number of esters is 1. The van der Waals surface area contributed by atoms with Gasteiger partial charge in [0.1, 0.15) is 36.6 Å². The van der Waals surface area contributed by atoms with Gasteiger partial charge in [0.2, 0.25) is 5.91 Å². The molecule has 9 N–H and O–H groups in total. The van der Waals surface area contributed by atoms with Crippen LogP contribution in [0.4, 0.5) is 5.69 Å². The van der Waals surface area contributed by atoms with Gasteiger partial charge >= 0.3 is 11.9 Å². The SMILES string of the molecule is CC1CC(C(=O)NCCCc2cn(CCCn3ccc4cc(N)ccc43)nn2)C[C@@H](O[C@@H]2OC(CO)[C@H](O)C(O[C@@H](CC3CCCCC3)C(=O)O)C2OC(=O)c2ccccc2)C1O[C@@H]1OC(C)[C@@H](O)C(O)C1O. The molecule has 1 amide bonds. The zero-order chi connectivity index (χ0) is 51.8. The number of carboxylic acid groups (broad SMARTS) is 1. The van der Waals surface area contributed by atoms with Gasteiger partial charge in [-0.1, -0.05) is 62.4 Å². The number of aromatic nitrogens is 4. The number of nitrogens with two attached hydrogens (primary N) is 1. The van der Waals surface area contributed by atoms with Crippen molar-refractivity contribution in [2.75, 3.05) is 18.9 Å². The molecular weight excluding hydrogens is 949 g/mol. The molecule has 21 heteroatoms. The largest absolute Gasteiger partial charge is 0.479 e. The van der Waals surface area contributed by atoms with E-state index in [2.05, 4.69) is 20.2 Å². The van der Waals surface area contributed by atoms with E-state index >= 15 is 0 Å². The highest BCUT2D eigenvalue weighted by atomic mass is 16.7. The highest BCUT2D eigenvalue weighted by Crippen LogP contribution is 2.39. The number of benzene rings is 2. The maximum Gasteiger partial charge on any atom is 0.338 e. The quantitative estimate of drug-likeness (QED) is 0.0338. The number of aryl methyl sites for hydroxylation is 3. The topological polar surface area (TPSA) is 302 Å². The van der Waals surface area contributed by atoms with E-state index in [4.69, 9.17) is 34.2 Å². The van der Waals surface area contributed by atoms with E-state index in [9.17, 15) is 45.0 Å². The average Bonchev–Trinajstić information content (AvgIpc) is 4.02. The van der Waals surface area contributed by atoms with Crippen molar-refractivity contribution in [1.29, 1.82) is 0 Å². The van der Waals surface area contributed by atoms with E-state index in [-0.39, 0.29) is 36.7 Å². The number of carbonyl (C=O) groups excluding carboxylic acids is 2. The molecule has 2 saturated heterocycles. The summed E-state index contributed by atoms with van der Waals surface area (Å²) in [6.07, 6.45) is -7.73. The molecule has 4 aromatic rings. The molecule has 73 heavy (non-hydrogen) atoms. The number of aliphatic carboxylic acids is 1. The molecule has 4 fully saturated rings. The molecule has 9 unspecified atom stereocenters. The maximum absolute atomic E-state index is 14.1. The summed E-state index contributed by atoms with van der Waals surface area (Å²) in [5, 5.41) is 77.7. The number of nitrogens with zero attached hydrogens (tertiary/aromatic N) is 4. The van der Waals surface area contributed by atoms with E-state index in [1.165, 1.54) is 19.1 Å². The number of rotatable bonds is 21. The number of carboxylic acids is 1. The predicted octanol–water partition coefficient (Wildman–Crippen LogP) is 2.71. The first-order chi connectivity index (χ1) is 35.2. The van der Waals surface area contributed by atoms with Crippen LogP contribution >= 0.6 is 0 Å². The zero-order valence-corrected chi connectivity index (χ0v) is 41.4. The lowest BCUT2D eigenvalue weighted by atomic mass is 9.77. The highest BCUT2D eigenvalue weighted by Gasteiger charge is 2.54. The van der Waals surface area contributed by atoms with E-state index in [1.54, 1.807) is 18.2 Å². The molecule has 2 saturated carbocycles. The molecule has 4 heterocycles. The van der Waals surface area contributed by atoms with Gasteiger partial charge in [-0.3, -0.25) is 9.48 Å². The number of aliphatic hydroxyl groups is 5. The number of amides is 1. The third kappa shape index (κ3) is 13.4. The molecule has 15 atom stereocenters. The Morgan fingerprint density at radius 3 is 2.40 bits per heavy atom. The Kier molecular flexibility index (Phi) is 18.5. The van der Waals surface area contributed by atoms with Crippen LogP contribution < -0.4 is 11.1 Å². The van der Waals surface area contributed by atoms with Crippen LogP contribution in [0.2, 0.25) is 0 Å².